The van der Waals surface area contributed by atoms with Crippen molar-refractivity contribution in [1.29, 1.82) is 5.26 Å². The summed E-state index contributed by atoms with van der Waals surface area (Å²) in [5.41, 5.74) is 3.66. The van der Waals surface area contributed by atoms with Crippen LogP contribution in [0.3, 0.4) is 0 Å². The van der Waals surface area contributed by atoms with Gasteiger partial charge in [-0.1, -0.05) is 45.4 Å². The molecule has 1 aromatic carbocycles. The Morgan fingerprint density at radius 3 is 2.88 bits per heavy atom. The fourth-order valence-electron chi connectivity index (χ4n) is 3.75. The first kappa shape index (κ1) is 17.4. The molecule has 1 atom stereocenters. The first-order chi connectivity index (χ1) is 12.0. The van der Waals surface area contributed by atoms with Crippen molar-refractivity contribution in [2.75, 3.05) is 6.61 Å². The maximum atomic E-state index is 12.7. The molecular formula is C21H24N2O2. The topological polar surface area (TPSA) is 63.0 Å². The van der Waals surface area contributed by atoms with Gasteiger partial charge < -0.3 is 4.74 Å². The molecule has 1 aliphatic rings. The number of ether oxygens (including phenoxy) is 1. The summed E-state index contributed by atoms with van der Waals surface area (Å²) in [6.07, 6.45) is 3.91. The molecule has 1 aliphatic carbocycles. The number of aromatic nitrogens is 1. The lowest BCUT2D eigenvalue weighted by atomic mass is 9.68. The van der Waals surface area contributed by atoms with Crippen molar-refractivity contribution in [3.05, 3.63) is 41.1 Å². The molecule has 0 bridgehead atoms. The highest BCUT2D eigenvalue weighted by atomic mass is 16.5. The Kier molecular flexibility index (Phi) is 4.76. The molecule has 4 nitrogen and oxygen atoms in total. The number of aryl methyl sites for hydroxylation is 1. The second-order valence-electron chi connectivity index (χ2n) is 7.45. The Labute approximate surface area is 148 Å². The Morgan fingerprint density at radius 2 is 2.16 bits per heavy atom. The molecular weight excluding hydrogens is 312 g/mol. The second kappa shape index (κ2) is 6.84. The highest BCUT2D eigenvalue weighted by Gasteiger charge is 2.34. The van der Waals surface area contributed by atoms with Crippen LogP contribution in [0.5, 0.6) is 0 Å². The lowest BCUT2D eigenvalue weighted by Gasteiger charge is -2.37. The third-order valence-electron chi connectivity index (χ3n) is 5.75. The summed E-state index contributed by atoms with van der Waals surface area (Å²) in [4.78, 5) is 17.5. The predicted molar refractivity (Wildman–Crippen MR) is 97.2 cm³/mol. The number of nitriles is 1. The van der Waals surface area contributed by atoms with Crippen LogP contribution in [0.1, 0.15) is 55.2 Å². The van der Waals surface area contributed by atoms with E-state index < -0.39 is 5.97 Å². The number of nitrogens with zero attached hydrogens (tertiary/aromatic N) is 2. The molecule has 0 radical (unpaired) electrons. The van der Waals surface area contributed by atoms with Gasteiger partial charge in [0, 0.05) is 11.1 Å². The van der Waals surface area contributed by atoms with Crippen molar-refractivity contribution in [3.63, 3.8) is 0 Å². The zero-order valence-electron chi connectivity index (χ0n) is 15.1. The van der Waals surface area contributed by atoms with Crippen molar-refractivity contribution >= 4 is 16.9 Å². The molecule has 1 aromatic heterocycles. The fourth-order valence-corrected chi connectivity index (χ4v) is 3.75. The standard InChI is InChI=1S/C21H24N2O2/c1-4-21(2,3)14-9-10-18-16(13-14)19(20(24)25-12-11-22)15-7-5-6-8-17(15)23-18/h5-8,14H,4,9-10,12-13H2,1-3H3/t14-/m1/s1. The minimum absolute atomic E-state index is 0.219. The molecule has 0 amide bonds. The number of carbonyl (C=O) groups is 1. The van der Waals surface area contributed by atoms with Crippen LogP contribution in [0, 0.1) is 22.7 Å². The molecule has 3 rings (SSSR count). The zero-order valence-corrected chi connectivity index (χ0v) is 15.1. The number of hydrogen-bond acceptors (Lipinski definition) is 4. The molecule has 0 saturated carbocycles. The first-order valence-electron chi connectivity index (χ1n) is 8.92. The molecule has 0 fully saturated rings. The van der Waals surface area contributed by atoms with Crippen LogP contribution in [0.15, 0.2) is 24.3 Å². The molecule has 0 aliphatic heterocycles. The smallest absolute Gasteiger partial charge is 0.340 e. The van der Waals surface area contributed by atoms with Crippen LogP contribution in [-0.2, 0) is 17.6 Å². The Bertz CT molecular complexity index is 849. The number of para-hydroxylation sites is 1. The van der Waals surface area contributed by atoms with Crippen molar-refractivity contribution in [1.82, 2.24) is 4.98 Å². The predicted octanol–water partition coefficient (Wildman–Crippen LogP) is 4.46. The second-order valence-corrected chi connectivity index (χ2v) is 7.45. The molecule has 0 saturated heterocycles. The van der Waals surface area contributed by atoms with Gasteiger partial charge in [-0.3, -0.25) is 4.98 Å². The summed E-state index contributed by atoms with van der Waals surface area (Å²) in [6.45, 7) is 6.58. The normalized spacial score (nSPS) is 17.0. The molecule has 25 heavy (non-hydrogen) atoms. The van der Waals surface area contributed by atoms with Gasteiger partial charge in [-0.2, -0.15) is 5.26 Å². The van der Waals surface area contributed by atoms with E-state index in [0.29, 0.717) is 11.5 Å². The molecule has 2 aromatic rings. The molecule has 4 heteroatoms. The van der Waals surface area contributed by atoms with E-state index in [1.807, 2.05) is 30.3 Å². The number of rotatable bonds is 4. The van der Waals surface area contributed by atoms with Gasteiger partial charge in [0.2, 0.25) is 0 Å². The maximum Gasteiger partial charge on any atom is 0.340 e. The van der Waals surface area contributed by atoms with Gasteiger partial charge in [-0.25, -0.2) is 4.79 Å². The Balaban J connectivity index is 2.13. The Hall–Kier alpha value is -2.41. The SMILES string of the molecule is CCC(C)(C)[C@@H]1CCc2nc3ccccc3c(C(=O)OCC#N)c2C1. The van der Waals surface area contributed by atoms with Crippen molar-refractivity contribution in [2.24, 2.45) is 11.3 Å². The number of esters is 1. The first-order valence-corrected chi connectivity index (χ1v) is 8.92. The van der Waals surface area contributed by atoms with Gasteiger partial charge in [-0.05, 0) is 42.2 Å². The van der Waals surface area contributed by atoms with Gasteiger partial charge in [0.15, 0.2) is 6.61 Å². The van der Waals surface area contributed by atoms with Crippen LogP contribution in [0.25, 0.3) is 10.9 Å². The molecule has 0 N–H and O–H groups in total. The van der Waals surface area contributed by atoms with E-state index >= 15 is 0 Å². The maximum absolute atomic E-state index is 12.7. The highest BCUT2D eigenvalue weighted by molar-refractivity contribution is 6.05. The van der Waals surface area contributed by atoms with Crippen LogP contribution >= 0.6 is 0 Å². The van der Waals surface area contributed by atoms with Gasteiger partial charge in [0.1, 0.15) is 6.07 Å². The average molecular weight is 336 g/mol. The fraction of sp³-hybridized carbons (Fsp3) is 0.476. The summed E-state index contributed by atoms with van der Waals surface area (Å²) in [5, 5.41) is 9.57. The van der Waals surface area contributed by atoms with E-state index in [1.54, 1.807) is 0 Å². The third kappa shape index (κ3) is 3.24. The lowest BCUT2D eigenvalue weighted by Crippen LogP contribution is -2.30. The number of pyridine rings is 1. The van der Waals surface area contributed by atoms with Crippen molar-refractivity contribution in [3.8, 4) is 6.07 Å². The van der Waals surface area contributed by atoms with E-state index in [1.165, 1.54) is 0 Å². The molecule has 0 spiro atoms. The molecule has 0 unspecified atom stereocenters. The summed E-state index contributed by atoms with van der Waals surface area (Å²) in [6, 6.07) is 9.57. The van der Waals surface area contributed by atoms with E-state index in [2.05, 4.69) is 20.8 Å². The summed E-state index contributed by atoms with van der Waals surface area (Å²) < 4.78 is 5.17. The minimum Gasteiger partial charge on any atom is -0.447 e. The van der Waals surface area contributed by atoms with Gasteiger partial charge in [0.05, 0.1) is 11.1 Å². The van der Waals surface area contributed by atoms with Gasteiger partial charge in [0.25, 0.3) is 0 Å². The van der Waals surface area contributed by atoms with Crippen molar-refractivity contribution in [2.45, 2.75) is 46.5 Å². The van der Waals surface area contributed by atoms with E-state index in [0.717, 1.165) is 47.8 Å². The number of carbonyl (C=O) groups excluding carboxylic acids is 1. The monoisotopic (exact) mass is 336 g/mol. The van der Waals surface area contributed by atoms with Gasteiger partial charge >= 0.3 is 5.97 Å². The lowest BCUT2D eigenvalue weighted by molar-refractivity contribution is 0.0554. The Morgan fingerprint density at radius 1 is 1.40 bits per heavy atom. The number of benzene rings is 1. The minimum atomic E-state index is -0.411. The summed E-state index contributed by atoms with van der Waals surface area (Å²) >= 11 is 0. The average Bonchev–Trinajstić information content (AvgIpc) is 2.63. The molecule has 1 heterocycles. The van der Waals surface area contributed by atoms with E-state index in [4.69, 9.17) is 15.0 Å². The van der Waals surface area contributed by atoms with E-state index in [9.17, 15) is 4.79 Å². The summed E-state index contributed by atoms with van der Waals surface area (Å²) in [7, 11) is 0. The third-order valence-corrected chi connectivity index (χ3v) is 5.75. The van der Waals surface area contributed by atoms with Crippen LogP contribution in [-0.4, -0.2) is 17.6 Å². The van der Waals surface area contributed by atoms with Crippen LogP contribution < -0.4 is 0 Å². The number of fused-ring (bicyclic) bond motifs is 2. The van der Waals surface area contributed by atoms with Gasteiger partial charge in [-0.15, -0.1) is 0 Å². The number of hydrogen-bond donors (Lipinski definition) is 0. The van der Waals surface area contributed by atoms with Crippen LogP contribution in [0.2, 0.25) is 0 Å². The largest absolute Gasteiger partial charge is 0.447 e. The highest BCUT2D eigenvalue weighted by Crippen LogP contribution is 2.41. The molecule has 130 valence electrons. The van der Waals surface area contributed by atoms with E-state index in [-0.39, 0.29) is 12.0 Å². The summed E-state index contributed by atoms with van der Waals surface area (Å²) in [5.74, 6) is 0.0989. The van der Waals surface area contributed by atoms with Crippen molar-refractivity contribution < 1.29 is 9.53 Å². The van der Waals surface area contributed by atoms with Crippen LogP contribution in [0.4, 0.5) is 0 Å². The zero-order chi connectivity index (χ0) is 18.0. The quantitative estimate of drug-likeness (QED) is 0.774.